The van der Waals surface area contributed by atoms with Gasteiger partial charge in [0.25, 0.3) is 0 Å². The second-order valence-corrected chi connectivity index (χ2v) is 2.40. The molecule has 13 heavy (non-hydrogen) atoms. The van der Waals surface area contributed by atoms with Crippen molar-refractivity contribution in [2.75, 3.05) is 0 Å². The van der Waals surface area contributed by atoms with Gasteiger partial charge in [0.05, 0.1) is 12.1 Å². The third kappa shape index (κ3) is 3.46. The van der Waals surface area contributed by atoms with Crippen LogP contribution in [0, 0.1) is 5.82 Å². The Morgan fingerprint density at radius 1 is 1.69 bits per heavy atom. The van der Waals surface area contributed by atoms with Gasteiger partial charge in [-0.15, -0.1) is 0 Å². The highest BCUT2D eigenvalue weighted by atomic mass is 19.1. The summed E-state index contributed by atoms with van der Waals surface area (Å²) < 4.78 is 12.6. The number of carbonyl (C=O) groups is 1. The second-order valence-electron chi connectivity index (χ2n) is 2.40. The summed E-state index contributed by atoms with van der Waals surface area (Å²) in [5.74, 6) is -1.31. The summed E-state index contributed by atoms with van der Waals surface area (Å²) in [4.78, 5) is 13.9. The number of carboxylic acid groups (broad SMARTS) is 1. The van der Waals surface area contributed by atoms with E-state index in [-0.39, 0.29) is 12.2 Å². The van der Waals surface area contributed by atoms with Crippen molar-refractivity contribution in [1.29, 1.82) is 0 Å². The van der Waals surface area contributed by atoms with Crippen molar-refractivity contribution in [3.8, 4) is 0 Å². The van der Waals surface area contributed by atoms with Gasteiger partial charge in [0.2, 0.25) is 0 Å². The molecule has 0 fully saturated rings. The van der Waals surface area contributed by atoms with E-state index in [0.717, 1.165) is 0 Å². The van der Waals surface area contributed by atoms with Crippen molar-refractivity contribution in [2.45, 2.75) is 6.42 Å². The van der Waals surface area contributed by atoms with Crippen LogP contribution in [-0.4, -0.2) is 16.1 Å². The van der Waals surface area contributed by atoms with E-state index < -0.39 is 5.97 Å². The lowest BCUT2D eigenvalue weighted by Gasteiger charge is -1.91. The zero-order valence-electron chi connectivity index (χ0n) is 6.77. The first-order valence-electron chi connectivity index (χ1n) is 3.68. The number of nitrogens with zero attached hydrogens (tertiary/aromatic N) is 1. The van der Waals surface area contributed by atoms with E-state index >= 15 is 0 Å². The molecule has 0 aliphatic heterocycles. The summed E-state index contributed by atoms with van der Waals surface area (Å²) in [7, 11) is 0. The maximum absolute atomic E-state index is 12.6. The quantitative estimate of drug-likeness (QED) is 0.772. The van der Waals surface area contributed by atoms with E-state index in [2.05, 4.69) is 4.98 Å². The summed E-state index contributed by atoms with van der Waals surface area (Å²) in [6, 6.07) is 2.47. The SMILES string of the molecule is O=C(O)CC=Cc1cc(F)ccn1. The molecule has 0 aliphatic carbocycles. The summed E-state index contributed by atoms with van der Waals surface area (Å²) in [5, 5.41) is 8.30. The molecule has 0 spiro atoms. The number of hydrogen-bond donors (Lipinski definition) is 1. The third-order valence-electron chi connectivity index (χ3n) is 1.32. The maximum atomic E-state index is 12.6. The molecule has 1 heterocycles. The van der Waals surface area contributed by atoms with Crippen LogP contribution in [-0.2, 0) is 4.79 Å². The Hall–Kier alpha value is -1.71. The van der Waals surface area contributed by atoms with E-state index in [9.17, 15) is 9.18 Å². The minimum Gasteiger partial charge on any atom is -0.481 e. The van der Waals surface area contributed by atoms with Crippen LogP contribution < -0.4 is 0 Å². The van der Waals surface area contributed by atoms with E-state index in [1.807, 2.05) is 0 Å². The number of aliphatic carboxylic acids is 1. The van der Waals surface area contributed by atoms with E-state index in [1.165, 1.54) is 30.5 Å². The number of pyridine rings is 1. The lowest BCUT2D eigenvalue weighted by Crippen LogP contribution is -1.90. The molecule has 0 unspecified atom stereocenters. The molecule has 0 aliphatic rings. The molecule has 1 N–H and O–H groups in total. The molecular weight excluding hydrogens is 173 g/mol. The molecule has 0 saturated heterocycles. The molecule has 1 aromatic rings. The predicted octanol–water partition coefficient (Wildman–Crippen LogP) is 1.71. The fraction of sp³-hybridized carbons (Fsp3) is 0.111. The number of hydrogen-bond acceptors (Lipinski definition) is 2. The van der Waals surface area contributed by atoms with Gasteiger partial charge in [0, 0.05) is 6.20 Å². The molecule has 4 heteroatoms. The molecule has 0 radical (unpaired) electrons. The Bertz CT molecular complexity index is 336. The van der Waals surface area contributed by atoms with Crippen molar-refractivity contribution < 1.29 is 14.3 Å². The number of carboxylic acids is 1. The van der Waals surface area contributed by atoms with Gasteiger partial charge in [0.1, 0.15) is 5.82 Å². The van der Waals surface area contributed by atoms with Crippen LogP contribution in [0.2, 0.25) is 0 Å². The molecule has 3 nitrogen and oxygen atoms in total. The largest absolute Gasteiger partial charge is 0.481 e. The average molecular weight is 181 g/mol. The molecule has 0 amide bonds. The highest BCUT2D eigenvalue weighted by Crippen LogP contribution is 2.01. The molecule has 1 aromatic heterocycles. The Labute approximate surface area is 74.5 Å². The van der Waals surface area contributed by atoms with Gasteiger partial charge in [0.15, 0.2) is 0 Å². The van der Waals surface area contributed by atoms with Crippen LogP contribution >= 0.6 is 0 Å². The van der Waals surface area contributed by atoms with Crippen molar-refractivity contribution in [3.05, 3.63) is 35.9 Å². The second kappa shape index (κ2) is 4.35. The number of halogens is 1. The number of aromatic nitrogens is 1. The molecule has 0 saturated carbocycles. The Morgan fingerprint density at radius 3 is 3.08 bits per heavy atom. The van der Waals surface area contributed by atoms with Crippen LogP contribution in [0.4, 0.5) is 4.39 Å². The van der Waals surface area contributed by atoms with Crippen molar-refractivity contribution in [2.24, 2.45) is 0 Å². The average Bonchev–Trinajstić information content (AvgIpc) is 2.03. The highest BCUT2D eigenvalue weighted by Gasteiger charge is 1.93. The van der Waals surface area contributed by atoms with Gasteiger partial charge in [-0.3, -0.25) is 9.78 Å². The van der Waals surface area contributed by atoms with E-state index in [4.69, 9.17) is 5.11 Å². The van der Waals surface area contributed by atoms with Crippen LogP contribution in [0.25, 0.3) is 6.08 Å². The Kier molecular flexibility index (Phi) is 3.14. The zero-order chi connectivity index (χ0) is 9.68. The summed E-state index contributed by atoms with van der Waals surface area (Å²) in [6.45, 7) is 0. The first-order valence-corrected chi connectivity index (χ1v) is 3.68. The van der Waals surface area contributed by atoms with Crippen molar-refractivity contribution in [1.82, 2.24) is 4.98 Å². The Morgan fingerprint density at radius 2 is 2.46 bits per heavy atom. The first-order chi connectivity index (χ1) is 6.18. The van der Waals surface area contributed by atoms with Crippen LogP contribution in [0.1, 0.15) is 12.1 Å². The fourth-order valence-electron chi connectivity index (χ4n) is 0.793. The summed E-state index contributed by atoms with van der Waals surface area (Å²) >= 11 is 0. The van der Waals surface area contributed by atoms with Gasteiger partial charge in [-0.05, 0) is 18.2 Å². The molecular formula is C9H8FNO2. The summed E-state index contributed by atoms with van der Waals surface area (Å²) in [5.41, 5.74) is 0.418. The van der Waals surface area contributed by atoms with Gasteiger partial charge in [-0.25, -0.2) is 4.39 Å². The molecule has 68 valence electrons. The number of rotatable bonds is 3. The van der Waals surface area contributed by atoms with Crippen LogP contribution in [0.15, 0.2) is 24.4 Å². The molecule has 1 rings (SSSR count). The molecule has 0 atom stereocenters. The normalized spacial score (nSPS) is 10.5. The van der Waals surface area contributed by atoms with E-state index in [1.54, 1.807) is 0 Å². The minimum atomic E-state index is -0.923. The summed E-state index contributed by atoms with van der Waals surface area (Å²) in [6.07, 6.45) is 4.13. The smallest absolute Gasteiger partial charge is 0.307 e. The minimum absolute atomic E-state index is 0.0851. The Balaban J connectivity index is 2.63. The maximum Gasteiger partial charge on any atom is 0.307 e. The van der Waals surface area contributed by atoms with Crippen molar-refractivity contribution >= 4 is 12.0 Å². The van der Waals surface area contributed by atoms with Gasteiger partial charge >= 0.3 is 5.97 Å². The van der Waals surface area contributed by atoms with E-state index in [0.29, 0.717) is 5.69 Å². The molecule has 0 bridgehead atoms. The van der Waals surface area contributed by atoms with Crippen molar-refractivity contribution in [3.63, 3.8) is 0 Å². The van der Waals surface area contributed by atoms with Crippen LogP contribution in [0.5, 0.6) is 0 Å². The van der Waals surface area contributed by atoms with Crippen LogP contribution in [0.3, 0.4) is 0 Å². The predicted molar refractivity (Wildman–Crippen MR) is 45.5 cm³/mol. The third-order valence-corrected chi connectivity index (χ3v) is 1.32. The van der Waals surface area contributed by atoms with Gasteiger partial charge in [-0.1, -0.05) is 6.08 Å². The fourth-order valence-corrected chi connectivity index (χ4v) is 0.793. The highest BCUT2D eigenvalue weighted by molar-refractivity contribution is 5.70. The monoisotopic (exact) mass is 181 g/mol. The zero-order valence-corrected chi connectivity index (χ0v) is 6.77. The lowest BCUT2D eigenvalue weighted by molar-refractivity contribution is -0.135. The molecule has 0 aromatic carbocycles. The standard InChI is InChI=1S/C9H8FNO2/c10-7-4-5-11-8(6-7)2-1-3-9(12)13/h1-2,4-6H,3H2,(H,12,13). The van der Waals surface area contributed by atoms with Gasteiger partial charge < -0.3 is 5.11 Å². The lowest BCUT2D eigenvalue weighted by atomic mass is 10.3. The first kappa shape index (κ1) is 9.38. The van der Waals surface area contributed by atoms with Gasteiger partial charge in [-0.2, -0.15) is 0 Å². The topological polar surface area (TPSA) is 50.2 Å².